The topological polar surface area (TPSA) is 7.76 Å². The van der Waals surface area contributed by atoms with Crippen molar-refractivity contribution in [2.24, 2.45) is 14.1 Å². The molecule has 0 bridgehead atoms. The van der Waals surface area contributed by atoms with Gasteiger partial charge in [-0.15, -0.1) is 0 Å². The van der Waals surface area contributed by atoms with Gasteiger partial charge in [-0.2, -0.15) is 0 Å². The van der Waals surface area contributed by atoms with Gasteiger partial charge < -0.3 is 0 Å². The van der Waals surface area contributed by atoms with Crippen LogP contribution in [0.15, 0.2) is 73.1 Å². The van der Waals surface area contributed by atoms with Gasteiger partial charge in [-0.05, 0) is 24.3 Å². The largest absolute Gasteiger partial charge is 0.212 e. The van der Waals surface area contributed by atoms with Crippen molar-refractivity contribution in [3.8, 4) is 0 Å². The molecular weight excluding hydrogens is 292 g/mol. The summed E-state index contributed by atoms with van der Waals surface area (Å²) >= 11 is 0. The van der Waals surface area contributed by atoms with Crippen LogP contribution in [0.1, 0.15) is 0 Å². The second-order valence-electron chi connectivity index (χ2n) is 6.51. The van der Waals surface area contributed by atoms with Gasteiger partial charge in [0.25, 0.3) is 0 Å². The molecule has 0 saturated carbocycles. The van der Waals surface area contributed by atoms with Crippen molar-refractivity contribution in [2.45, 2.75) is 0 Å². The van der Waals surface area contributed by atoms with Gasteiger partial charge in [0.05, 0.1) is 10.8 Å². The quantitative estimate of drug-likeness (QED) is 0.302. The predicted molar refractivity (Wildman–Crippen MR) is 98.8 cm³/mol. The average Bonchev–Trinajstić information content (AvgIpc) is 2.62. The molecule has 0 spiro atoms. The zero-order chi connectivity index (χ0) is 16.3. The van der Waals surface area contributed by atoms with Crippen molar-refractivity contribution < 1.29 is 9.13 Å². The van der Waals surface area contributed by atoms with Gasteiger partial charge in [0.15, 0.2) is 12.4 Å². The summed E-state index contributed by atoms with van der Waals surface area (Å²) < 4.78 is 4.43. The standard InChI is InChI=1S/C22H18N2/c1-23-13-15-11-12-16-14-24(2)20-10-6-4-8-18(20)22(16)21(15)17-7-3-5-9-19(17)23/h3-14H,1-2H3/q+2. The van der Waals surface area contributed by atoms with Crippen LogP contribution in [0.25, 0.3) is 43.4 Å². The Balaban J connectivity index is 2.19. The van der Waals surface area contributed by atoms with E-state index in [4.69, 9.17) is 0 Å². The Morgan fingerprint density at radius 1 is 0.542 bits per heavy atom. The maximum atomic E-state index is 2.24. The minimum atomic E-state index is 1.26. The third-order valence-corrected chi connectivity index (χ3v) is 5.04. The number of benzene rings is 3. The van der Waals surface area contributed by atoms with Crippen molar-refractivity contribution in [1.29, 1.82) is 0 Å². The summed E-state index contributed by atoms with van der Waals surface area (Å²) in [6.45, 7) is 0. The molecule has 0 fully saturated rings. The highest BCUT2D eigenvalue weighted by Crippen LogP contribution is 2.33. The Kier molecular flexibility index (Phi) is 2.66. The van der Waals surface area contributed by atoms with Crippen LogP contribution in [0, 0.1) is 0 Å². The lowest BCUT2D eigenvalue weighted by Crippen LogP contribution is -2.29. The first-order valence-corrected chi connectivity index (χ1v) is 8.25. The van der Waals surface area contributed by atoms with Gasteiger partial charge >= 0.3 is 0 Å². The first-order valence-electron chi connectivity index (χ1n) is 8.25. The van der Waals surface area contributed by atoms with Gasteiger partial charge in [0.2, 0.25) is 11.0 Å². The Bertz CT molecular complexity index is 1170. The molecule has 114 valence electrons. The van der Waals surface area contributed by atoms with Gasteiger partial charge in [-0.3, -0.25) is 0 Å². The summed E-state index contributed by atoms with van der Waals surface area (Å²) in [6, 6.07) is 21.8. The molecule has 0 atom stereocenters. The fraction of sp³-hybridized carbons (Fsp3) is 0.0909. The van der Waals surface area contributed by atoms with Crippen molar-refractivity contribution in [3.63, 3.8) is 0 Å². The molecular formula is C22H18N2+2. The number of aryl methyl sites for hydroxylation is 2. The Morgan fingerprint density at radius 3 is 1.42 bits per heavy atom. The van der Waals surface area contributed by atoms with Crippen LogP contribution in [0.3, 0.4) is 0 Å². The number of hydrogen-bond acceptors (Lipinski definition) is 0. The molecule has 5 aromatic rings. The third-order valence-electron chi connectivity index (χ3n) is 5.04. The van der Waals surface area contributed by atoms with E-state index in [1.165, 1.54) is 43.4 Å². The van der Waals surface area contributed by atoms with Crippen LogP contribution >= 0.6 is 0 Å². The van der Waals surface area contributed by atoms with E-state index in [9.17, 15) is 0 Å². The second kappa shape index (κ2) is 4.75. The number of fused-ring (bicyclic) bond motifs is 7. The molecule has 5 rings (SSSR count). The second-order valence-corrected chi connectivity index (χ2v) is 6.51. The smallest absolute Gasteiger partial charge is 0.200 e. The minimum Gasteiger partial charge on any atom is -0.200 e. The van der Waals surface area contributed by atoms with Crippen molar-refractivity contribution in [2.75, 3.05) is 0 Å². The predicted octanol–water partition coefficient (Wildman–Crippen LogP) is 3.95. The van der Waals surface area contributed by atoms with Crippen LogP contribution < -0.4 is 9.13 Å². The average molecular weight is 310 g/mol. The zero-order valence-corrected chi connectivity index (χ0v) is 13.8. The molecule has 0 aliphatic heterocycles. The highest BCUT2D eigenvalue weighted by atomic mass is 14.9. The molecule has 24 heavy (non-hydrogen) atoms. The number of hydrogen-bond donors (Lipinski definition) is 0. The molecule has 0 amide bonds. The van der Waals surface area contributed by atoms with E-state index in [1.807, 2.05) is 0 Å². The van der Waals surface area contributed by atoms with Crippen molar-refractivity contribution in [1.82, 2.24) is 0 Å². The van der Waals surface area contributed by atoms with E-state index in [1.54, 1.807) is 0 Å². The number of aromatic nitrogens is 2. The van der Waals surface area contributed by atoms with Crippen LogP contribution in [-0.4, -0.2) is 0 Å². The highest BCUT2D eigenvalue weighted by molar-refractivity contribution is 6.25. The molecule has 0 N–H and O–H groups in total. The van der Waals surface area contributed by atoms with Gasteiger partial charge in [-0.1, -0.05) is 24.3 Å². The molecule has 3 aromatic carbocycles. The molecule has 2 aromatic heterocycles. The normalized spacial score (nSPS) is 11.8. The molecule has 0 saturated heterocycles. The molecule has 2 heterocycles. The van der Waals surface area contributed by atoms with Crippen molar-refractivity contribution >= 4 is 43.4 Å². The fourth-order valence-corrected chi connectivity index (χ4v) is 3.97. The molecule has 0 radical (unpaired) electrons. The van der Waals surface area contributed by atoms with Crippen LogP contribution in [0.4, 0.5) is 0 Å². The first-order chi connectivity index (χ1) is 11.7. The van der Waals surface area contributed by atoms with E-state index < -0.39 is 0 Å². The Hall–Kier alpha value is -3.00. The SMILES string of the molecule is C[n+]1cc2ccc3c[n+](C)c4ccccc4c3c2c2ccccc21. The number of para-hydroxylation sites is 2. The third kappa shape index (κ3) is 1.71. The molecule has 0 aliphatic rings. The van der Waals surface area contributed by atoms with Gasteiger partial charge in [0, 0.05) is 33.7 Å². The number of nitrogens with zero attached hydrogens (tertiary/aromatic N) is 2. The lowest BCUT2D eigenvalue weighted by molar-refractivity contribution is -0.643. The van der Waals surface area contributed by atoms with E-state index >= 15 is 0 Å². The summed E-state index contributed by atoms with van der Waals surface area (Å²) in [4.78, 5) is 0. The Morgan fingerprint density at radius 2 is 0.958 bits per heavy atom. The molecule has 0 aliphatic carbocycles. The number of pyridine rings is 2. The lowest BCUT2D eigenvalue weighted by Gasteiger charge is -2.08. The van der Waals surface area contributed by atoms with Crippen LogP contribution in [0.2, 0.25) is 0 Å². The maximum Gasteiger partial charge on any atom is 0.212 e. The maximum absolute atomic E-state index is 2.24. The molecule has 0 unspecified atom stereocenters. The fourth-order valence-electron chi connectivity index (χ4n) is 3.97. The van der Waals surface area contributed by atoms with Gasteiger partial charge in [-0.25, -0.2) is 9.13 Å². The highest BCUT2D eigenvalue weighted by Gasteiger charge is 2.17. The van der Waals surface area contributed by atoms with E-state index in [2.05, 4.69) is 96.3 Å². The monoisotopic (exact) mass is 310 g/mol. The summed E-state index contributed by atoms with van der Waals surface area (Å²) in [7, 11) is 4.24. The van der Waals surface area contributed by atoms with Crippen molar-refractivity contribution in [3.05, 3.63) is 73.1 Å². The molecule has 2 heteroatoms. The Labute approximate surface area is 140 Å². The van der Waals surface area contributed by atoms with E-state index in [0.717, 1.165) is 0 Å². The molecule has 2 nitrogen and oxygen atoms in total. The van der Waals surface area contributed by atoms with E-state index in [-0.39, 0.29) is 0 Å². The van der Waals surface area contributed by atoms with Gasteiger partial charge in [0.1, 0.15) is 14.1 Å². The summed E-state index contributed by atoms with van der Waals surface area (Å²) in [5.74, 6) is 0. The minimum absolute atomic E-state index is 1.26. The van der Waals surface area contributed by atoms with Crippen LogP contribution in [0.5, 0.6) is 0 Å². The summed E-state index contributed by atoms with van der Waals surface area (Å²) in [5, 5.41) is 7.87. The number of rotatable bonds is 0. The summed E-state index contributed by atoms with van der Waals surface area (Å²) in [6.07, 6.45) is 4.47. The summed E-state index contributed by atoms with van der Waals surface area (Å²) in [5.41, 5.74) is 2.52. The zero-order valence-electron chi connectivity index (χ0n) is 13.8. The first kappa shape index (κ1) is 13.4. The van der Waals surface area contributed by atoms with Crippen LogP contribution in [-0.2, 0) is 14.1 Å². The lowest BCUT2D eigenvalue weighted by atomic mass is 9.97. The van der Waals surface area contributed by atoms with E-state index in [0.29, 0.717) is 0 Å².